The van der Waals surface area contributed by atoms with Crippen molar-refractivity contribution in [1.29, 1.82) is 0 Å². The van der Waals surface area contributed by atoms with Gasteiger partial charge in [0.15, 0.2) is 5.17 Å². The molecule has 2 aliphatic heterocycles. The maximum absolute atomic E-state index is 5.01. The second-order valence-corrected chi connectivity index (χ2v) is 7.50. The normalized spacial score (nSPS) is 27.1. The Labute approximate surface area is 135 Å². The lowest BCUT2D eigenvalue weighted by atomic mass is 10.0. The molecule has 5 heteroatoms. The molecule has 2 aromatic heterocycles. The number of nitrogens with zero attached hydrogens (tertiary/aromatic N) is 4. The van der Waals surface area contributed by atoms with Crippen LogP contribution in [0.1, 0.15) is 36.1 Å². The Bertz CT molecular complexity index is 722. The summed E-state index contributed by atoms with van der Waals surface area (Å²) < 4.78 is 2.28. The summed E-state index contributed by atoms with van der Waals surface area (Å²) in [4.78, 5) is 12.0. The molecule has 4 nitrogen and oxygen atoms in total. The minimum atomic E-state index is 0.0872. The quantitative estimate of drug-likeness (QED) is 0.853. The van der Waals surface area contributed by atoms with Crippen LogP contribution in [0.4, 0.5) is 0 Å². The van der Waals surface area contributed by atoms with Gasteiger partial charge in [-0.2, -0.15) is 0 Å². The number of aliphatic imine (C=N–C) groups is 1. The number of aromatic nitrogens is 2. The third-order valence-electron chi connectivity index (χ3n) is 4.60. The SMILES string of the molecule is Cc1ccc([C@@H]2[C@@H](c3ccccn3)N=C3S[C@H](C)CN32)n1C. The predicted octanol–water partition coefficient (Wildman–Crippen LogP) is 3.32. The number of amidine groups is 1. The molecule has 2 aliphatic rings. The molecule has 0 radical (unpaired) electrons. The van der Waals surface area contributed by atoms with Gasteiger partial charge in [0, 0.05) is 36.4 Å². The van der Waals surface area contributed by atoms with Crippen LogP contribution in [-0.4, -0.2) is 31.4 Å². The summed E-state index contributed by atoms with van der Waals surface area (Å²) in [5, 5.41) is 1.78. The van der Waals surface area contributed by atoms with E-state index in [2.05, 4.69) is 59.6 Å². The Kier molecular flexibility index (Phi) is 3.26. The second kappa shape index (κ2) is 5.16. The molecule has 4 heterocycles. The van der Waals surface area contributed by atoms with Gasteiger partial charge in [-0.3, -0.25) is 9.98 Å². The zero-order chi connectivity index (χ0) is 15.3. The summed E-state index contributed by atoms with van der Waals surface area (Å²) in [6.45, 7) is 5.48. The number of hydrogen-bond acceptors (Lipinski definition) is 4. The van der Waals surface area contributed by atoms with Crippen LogP contribution in [0, 0.1) is 6.92 Å². The van der Waals surface area contributed by atoms with E-state index < -0.39 is 0 Å². The van der Waals surface area contributed by atoms with Crippen molar-refractivity contribution in [1.82, 2.24) is 14.5 Å². The number of pyridine rings is 1. The molecule has 0 unspecified atom stereocenters. The van der Waals surface area contributed by atoms with Gasteiger partial charge in [0.2, 0.25) is 0 Å². The topological polar surface area (TPSA) is 33.4 Å². The number of rotatable bonds is 2. The molecule has 22 heavy (non-hydrogen) atoms. The highest BCUT2D eigenvalue weighted by atomic mass is 32.2. The third-order valence-corrected chi connectivity index (χ3v) is 5.70. The summed E-state index contributed by atoms with van der Waals surface area (Å²) in [7, 11) is 2.14. The van der Waals surface area contributed by atoms with E-state index in [1.165, 1.54) is 16.6 Å². The largest absolute Gasteiger partial charge is 0.350 e. The van der Waals surface area contributed by atoms with Crippen molar-refractivity contribution in [2.24, 2.45) is 12.0 Å². The van der Waals surface area contributed by atoms with E-state index in [4.69, 9.17) is 4.99 Å². The minimum Gasteiger partial charge on any atom is -0.350 e. The lowest BCUT2D eigenvalue weighted by Crippen LogP contribution is -2.30. The average Bonchev–Trinajstić information content (AvgIpc) is 3.14. The molecular formula is C17H20N4S. The van der Waals surface area contributed by atoms with Crippen molar-refractivity contribution < 1.29 is 0 Å². The predicted molar refractivity (Wildman–Crippen MR) is 91.1 cm³/mol. The first-order chi connectivity index (χ1) is 10.6. The molecule has 114 valence electrons. The first-order valence-corrected chi connectivity index (χ1v) is 8.57. The molecule has 3 atom stereocenters. The zero-order valence-corrected chi connectivity index (χ0v) is 13.9. The molecule has 0 amide bonds. The first-order valence-electron chi connectivity index (χ1n) is 7.69. The van der Waals surface area contributed by atoms with E-state index in [1.54, 1.807) is 0 Å². The van der Waals surface area contributed by atoms with Gasteiger partial charge in [-0.25, -0.2) is 0 Å². The monoisotopic (exact) mass is 312 g/mol. The van der Waals surface area contributed by atoms with E-state index in [0.717, 1.165) is 12.2 Å². The number of fused-ring (bicyclic) bond motifs is 1. The first kappa shape index (κ1) is 13.9. The van der Waals surface area contributed by atoms with Crippen LogP contribution >= 0.6 is 11.8 Å². The molecule has 0 N–H and O–H groups in total. The van der Waals surface area contributed by atoms with Gasteiger partial charge in [-0.15, -0.1) is 0 Å². The number of aryl methyl sites for hydroxylation is 1. The fraction of sp³-hybridized carbons (Fsp3) is 0.412. The van der Waals surface area contributed by atoms with Gasteiger partial charge in [0.05, 0.1) is 11.7 Å². The van der Waals surface area contributed by atoms with Crippen LogP contribution < -0.4 is 0 Å². The van der Waals surface area contributed by atoms with E-state index in [9.17, 15) is 0 Å². The van der Waals surface area contributed by atoms with Crippen LogP contribution in [0.5, 0.6) is 0 Å². The van der Waals surface area contributed by atoms with E-state index in [0.29, 0.717) is 5.25 Å². The summed E-state index contributed by atoms with van der Waals surface area (Å²) in [6.07, 6.45) is 1.86. The van der Waals surface area contributed by atoms with Gasteiger partial charge in [-0.1, -0.05) is 24.8 Å². The summed E-state index contributed by atoms with van der Waals surface area (Å²) in [5.74, 6) is 0. The molecule has 1 saturated heterocycles. The molecule has 0 aromatic carbocycles. The van der Waals surface area contributed by atoms with Crippen molar-refractivity contribution >= 4 is 16.9 Å². The standard InChI is InChI=1S/C17H20N4S/c1-11-7-8-14(20(11)3)16-15(13-6-4-5-9-18-13)19-17-21(16)10-12(2)22-17/h4-9,12,15-16H,10H2,1-3H3/t12-,15-,16-/m1/s1. The van der Waals surface area contributed by atoms with Gasteiger partial charge in [0.1, 0.15) is 6.04 Å². The Morgan fingerprint density at radius 2 is 2.09 bits per heavy atom. The Morgan fingerprint density at radius 3 is 2.77 bits per heavy atom. The highest BCUT2D eigenvalue weighted by Crippen LogP contribution is 2.47. The molecule has 1 fully saturated rings. The maximum Gasteiger partial charge on any atom is 0.160 e. The lowest BCUT2D eigenvalue weighted by Gasteiger charge is -2.27. The molecule has 4 rings (SSSR count). The minimum absolute atomic E-state index is 0.0872. The molecule has 0 spiro atoms. The average molecular weight is 312 g/mol. The second-order valence-electron chi connectivity index (χ2n) is 6.10. The fourth-order valence-corrected chi connectivity index (χ4v) is 4.46. The molecule has 0 saturated carbocycles. The maximum atomic E-state index is 5.01. The molecular weight excluding hydrogens is 292 g/mol. The Hall–Kier alpha value is -1.75. The Balaban J connectivity index is 1.80. The highest BCUT2D eigenvalue weighted by molar-refractivity contribution is 8.14. The zero-order valence-electron chi connectivity index (χ0n) is 13.1. The molecule has 2 aromatic rings. The summed E-state index contributed by atoms with van der Waals surface area (Å²) >= 11 is 1.88. The highest BCUT2D eigenvalue weighted by Gasteiger charge is 2.44. The van der Waals surface area contributed by atoms with Crippen molar-refractivity contribution in [2.45, 2.75) is 31.2 Å². The number of hydrogen-bond donors (Lipinski definition) is 0. The van der Waals surface area contributed by atoms with Gasteiger partial charge in [0.25, 0.3) is 0 Å². The smallest absolute Gasteiger partial charge is 0.160 e. The van der Waals surface area contributed by atoms with Crippen LogP contribution in [-0.2, 0) is 7.05 Å². The van der Waals surface area contributed by atoms with Crippen molar-refractivity contribution in [2.75, 3.05) is 6.54 Å². The van der Waals surface area contributed by atoms with E-state index >= 15 is 0 Å². The van der Waals surface area contributed by atoms with Crippen molar-refractivity contribution in [3.05, 3.63) is 53.6 Å². The van der Waals surface area contributed by atoms with Crippen LogP contribution in [0.15, 0.2) is 41.5 Å². The number of thioether (sulfide) groups is 1. The van der Waals surface area contributed by atoms with E-state index in [-0.39, 0.29) is 12.1 Å². The van der Waals surface area contributed by atoms with Crippen molar-refractivity contribution in [3.63, 3.8) is 0 Å². The third kappa shape index (κ3) is 2.07. The van der Waals surface area contributed by atoms with Gasteiger partial charge >= 0.3 is 0 Å². The summed E-state index contributed by atoms with van der Waals surface area (Å²) in [5.41, 5.74) is 3.66. The van der Waals surface area contributed by atoms with Gasteiger partial charge < -0.3 is 9.47 Å². The van der Waals surface area contributed by atoms with Crippen molar-refractivity contribution in [3.8, 4) is 0 Å². The Morgan fingerprint density at radius 1 is 1.23 bits per heavy atom. The fourth-order valence-electron chi connectivity index (χ4n) is 3.37. The molecule has 0 bridgehead atoms. The summed E-state index contributed by atoms with van der Waals surface area (Å²) in [6, 6.07) is 10.9. The van der Waals surface area contributed by atoms with E-state index in [1.807, 2.05) is 24.0 Å². The van der Waals surface area contributed by atoms with Crippen LogP contribution in [0.3, 0.4) is 0 Å². The van der Waals surface area contributed by atoms with Crippen LogP contribution in [0.25, 0.3) is 0 Å². The van der Waals surface area contributed by atoms with Crippen LogP contribution in [0.2, 0.25) is 0 Å². The molecule has 0 aliphatic carbocycles. The lowest BCUT2D eigenvalue weighted by molar-refractivity contribution is 0.309. The van der Waals surface area contributed by atoms with Gasteiger partial charge in [-0.05, 0) is 31.2 Å².